The number of nitrogens with two attached hydrogens (primary N) is 1. The first-order valence-corrected chi connectivity index (χ1v) is 43.9. The second kappa shape index (κ2) is 37.9. The zero-order valence-electron chi connectivity index (χ0n) is 66.9. The van der Waals surface area contributed by atoms with Crippen LogP contribution in [0.5, 0.6) is 0 Å². The van der Waals surface area contributed by atoms with Gasteiger partial charge < -0.3 is 55.2 Å². The monoisotopic (exact) mass is 1690 g/mol. The van der Waals surface area contributed by atoms with Gasteiger partial charge in [0.1, 0.15) is 37.2 Å². The zero-order valence-corrected chi connectivity index (χ0v) is 70.2. The van der Waals surface area contributed by atoms with E-state index in [4.69, 9.17) is 29.9 Å². The summed E-state index contributed by atoms with van der Waals surface area (Å²) >= 11 is 6.58. The molecule has 30 heteroatoms. The predicted octanol–water partition coefficient (Wildman–Crippen LogP) is 12.0. The Hall–Kier alpha value is -9.43. The van der Waals surface area contributed by atoms with Gasteiger partial charge in [0.2, 0.25) is 11.8 Å². The molecule has 626 valence electrons. The standard InChI is InChI=1S/C51H53FN4O9S2.C36H43FN4O7S2.CH4/c1-6-51(63)40-21-43-46-36(23-56(43)48(60)38(40)25-64-49(51)61)39(35-19-27(2)41(52)22-42(35)55-46)26-67-18-17-66-16-15-44(57)29(4)53-47(59)28(3)20-45(58)30(5)54-50(62)65-24-37-33-13-9-7-11-31(33)32-12-8-10-14-34(32)37;1-6-36(47)26-13-29-32-23(15-41(29)34(45)24(26)16-48-35(36)46)25(22-11-18(2)27(37)14-28(22)40-32)17-50-10-9-49-8-7-30(42)21(5)39-33(44)19(3)12-31(43)20(4)38;/h7-14,19,21-22,28-30,37,63H,6,15-18,20,23-26H2,1-5H3,(H,53,59)(H,54,62);11,13-14,19-21,47H,6-10,12,15-17,38H2,1-5H3,(H,39,44);1H4/t28-,29+,30+,51-;19-,20+,21+,36+;/m01./s1. The number of rotatable bonds is 33. The lowest BCUT2D eigenvalue weighted by Crippen LogP contribution is -2.44. The van der Waals surface area contributed by atoms with Gasteiger partial charge >= 0.3 is 18.0 Å². The molecule has 4 aliphatic heterocycles. The number of ether oxygens (including phenoxy) is 3. The summed E-state index contributed by atoms with van der Waals surface area (Å²) in [5, 5.41) is 32.1. The maximum absolute atomic E-state index is 14.9. The normalized spacial score (nSPS) is 17.3. The van der Waals surface area contributed by atoms with E-state index < -0.39 is 82.8 Å². The number of Topliss-reactive ketones (excluding diaryl/α,β-unsaturated/α-hetero) is 4. The Bertz CT molecular complexity index is 5420. The van der Waals surface area contributed by atoms with Crippen LogP contribution in [0.15, 0.2) is 94.5 Å². The van der Waals surface area contributed by atoms with Crippen molar-refractivity contribution in [2.45, 2.75) is 194 Å². The Morgan fingerprint density at radius 1 is 0.559 bits per heavy atom. The number of amides is 3. The average molecular weight is 1690 g/mol. The second-order valence-electron chi connectivity index (χ2n) is 30.6. The predicted molar refractivity (Wildman–Crippen MR) is 455 cm³/mol. The number of carbonyl (C=O) groups excluding carboxylic acids is 9. The number of hydrogen-bond acceptors (Lipinski definition) is 23. The molecule has 118 heavy (non-hydrogen) atoms. The van der Waals surface area contributed by atoms with E-state index in [0.29, 0.717) is 67.9 Å². The lowest BCUT2D eigenvalue weighted by atomic mass is 9.86. The Balaban J connectivity index is 0.000000239. The molecule has 13 rings (SSSR count). The number of nitrogens with zero attached hydrogens (tertiary/aromatic N) is 4. The van der Waals surface area contributed by atoms with Crippen LogP contribution in [-0.4, -0.2) is 148 Å². The lowest BCUT2D eigenvalue weighted by Gasteiger charge is -2.31. The van der Waals surface area contributed by atoms with Gasteiger partial charge in [-0.1, -0.05) is 83.7 Å². The second-order valence-corrected chi connectivity index (χ2v) is 35.3. The molecule has 8 atom stereocenters. The minimum Gasteiger partial charge on any atom is -0.458 e. The smallest absolute Gasteiger partial charge is 0.407 e. The number of nitrogens with one attached hydrogen (secondary N) is 3. The van der Waals surface area contributed by atoms with Crippen molar-refractivity contribution in [3.8, 4) is 33.9 Å². The van der Waals surface area contributed by atoms with E-state index in [0.717, 1.165) is 78.3 Å². The van der Waals surface area contributed by atoms with Gasteiger partial charge in [0.05, 0.1) is 82.2 Å². The van der Waals surface area contributed by atoms with Gasteiger partial charge in [-0.2, -0.15) is 47.0 Å². The van der Waals surface area contributed by atoms with Gasteiger partial charge in [0.25, 0.3) is 11.1 Å². The van der Waals surface area contributed by atoms with Crippen molar-refractivity contribution < 1.29 is 76.4 Å². The van der Waals surface area contributed by atoms with Crippen LogP contribution in [0, 0.1) is 37.3 Å². The number of thioether (sulfide) groups is 4. The average Bonchev–Trinajstić information content (AvgIpc) is 1.52. The van der Waals surface area contributed by atoms with Gasteiger partial charge in [0.15, 0.2) is 28.6 Å². The third kappa shape index (κ3) is 18.5. The van der Waals surface area contributed by atoms with Crippen LogP contribution in [0.1, 0.15) is 174 Å². The van der Waals surface area contributed by atoms with E-state index in [1.807, 2.05) is 48.5 Å². The van der Waals surface area contributed by atoms with Crippen molar-refractivity contribution in [3.63, 3.8) is 0 Å². The van der Waals surface area contributed by atoms with Crippen molar-refractivity contribution in [1.82, 2.24) is 35.1 Å². The van der Waals surface area contributed by atoms with Crippen molar-refractivity contribution in [3.05, 3.63) is 184 Å². The summed E-state index contributed by atoms with van der Waals surface area (Å²) in [6.45, 7) is 16.5. The number of aromatic nitrogens is 4. The van der Waals surface area contributed by atoms with E-state index in [1.54, 1.807) is 150 Å². The van der Waals surface area contributed by atoms with E-state index in [2.05, 4.69) is 16.0 Å². The summed E-state index contributed by atoms with van der Waals surface area (Å²) in [6.07, 6.45) is -0.245. The number of pyridine rings is 4. The van der Waals surface area contributed by atoms with Crippen LogP contribution >= 0.6 is 47.0 Å². The first-order chi connectivity index (χ1) is 55.8. The lowest BCUT2D eigenvalue weighted by molar-refractivity contribution is -0.172. The van der Waals surface area contributed by atoms with Crippen molar-refractivity contribution in [1.29, 1.82) is 0 Å². The Kier molecular flexibility index (Phi) is 28.7. The van der Waals surface area contributed by atoms with Crippen LogP contribution in [0.3, 0.4) is 0 Å². The Labute approximate surface area is 699 Å². The van der Waals surface area contributed by atoms with Gasteiger partial charge in [-0.25, -0.2) is 33.1 Å². The number of benzene rings is 4. The largest absolute Gasteiger partial charge is 0.458 e. The Morgan fingerprint density at radius 3 is 1.37 bits per heavy atom. The molecule has 0 radical (unpaired) electrons. The number of carbonyl (C=O) groups is 9. The van der Waals surface area contributed by atoms with Crippen LogP contribution in [0.4, 0.5) is 13.6 Å². The van der Waals surface area contributed by atoms with E-state index in [-0.39, 0.29) is 147 Å². The number of fused-ring (bicyclic) bond motifs is 13. The molecule has 7 N–H and O–H groups in total. The summed E-state index contributed by atoms with van der Waals surface area (Å²) in [5.41, 5.74) is 13.6. The summed E-state index contributed by atoms with van der Waals surface area (Å²) in [5.74, 6) is -0.132. The van der Waals surface area contributed by atoms with E-state index in [9.17, 15) is 71.7 Å². The van der Waals surface area contributed by atoms with Gasteiger partial charge in [-0.15, -0.1) is 0 Å². The molecular weight excluding hydrogens is 1590 g/mol. The fraction of sp³-hybridized carbons (Fsp3) is 0.443. The molecule has 0 fully saturated rings. The molecule has 0 saturated heterocycles. The molecule has 3 amide bonds. The molecule has 5 aliphatic rings. The number of alkyl carbamates (subject to hydrolysis) is 1. The van der Waals surface area contributed by atoms with Gasteiger partial charge in [-0.3, -0.25) is 38.4 Å². The van der Waals surface area contributed by atoms with Crippen LogP contribution in [0.2, 0.25) is 0 Å². The highest BCUT2D eigenvalue weighted by atomic mass is 32.2. The van der Waals surface area contributed by atoms with E-state index in [1.165, 1.54) is 12.1 Å². The first kappa shape index (κ1) is 89.4. The molecule has 0 spiro atoms. The third-order valence-electron chi connectivity index (χ3n) is 22.7. The number of ketones is 4. The summed E-state index contributed by atoms with van der Waals surface area (Å²) < 4.78 is 48.8. The molecule has 0 unspecified atom stereocenters. The van der Waals surface area contributed by atoms with Gasteiger partial charge in [-0.05, 0) is 123 Å². The molecule has 1 aliphatic carbocycles. The fourth-order valence-electron chi connectivity index (χ4n) is 15.4. The van der Waals surface area contributed by atoms with Crippen molar-refractivity contribution in [2.24, 2.45) is 17.6 Å². The highest BCUT2D eigenvalue weighted by molar-refractivity contribution is 8.03. The molecule has 0 saturated carbocycles. The maximum atomic E-state index is 14.9. The molecule has 4 aromatic heterocycles. The minimum absolute atomic E-state index is 0. The van der Waals surface area contributed by atoms with Crippen LogP contribution < -0.4 is 32.8 Å². The SMILES string of the molecule is C.CC[C@@]1(O)C(=O)OCc2c1cc1n(c2=O)Cc2c-1nc1cc(F)c(C)cc1c2CSCCSCCC(=O)[C@@H](C)NC(=O)[C@@H](C)CC(=O)[C@@H](C)NC(=O)OCC1c2ccccc2-c2ccccc21.CC[C@@]1(O)C(=O)OCc2c1cc1n(c2=O)Cc2c-1nc1cc(F)c(C)cc1c2CSCCSCCC(=O)[C@H](C)NC(=O)[C@H](C)CC(=O)[C@H](C)N. The number of esters is 2. The first-order valence-electron chi connectivity index (χ1n) is 39.3. The summed E-state index contributed by atoms with van der Waals surface area (Å²) in [6, 6.07) is 22.7. The number of aryl methyl sites for hydroxylation is 2. The Morgan fingerprint density at radius 2 is 0.958 bits per heavy atom. The molecular formula is C88H100F2N8O16S4. The van der Waals surface area contributed by atoms with E-state index >= 15 is 0 Å². The highest BCUT2D eigenvalue weighted by Gasteiger charge is 2.48. The number of aliphatic hydroxyl groups is 2. The number of halogens is 2. The van der Waals surface area contributed by atoms with Gasteiger partial charge in [0, 0.05) is 135 Å². The van der Waals surface area contributed by atoms with Crippen LogP contribution in [-0.2, 0) is 102 Å². The number of cyclic esters (lactones) is 2. The molecule has 24 nitrogen and oxygen atoms in total. The summed E-state index contributed by atoms with van der Waals surface area (Å²) in [4.78, 5) is 151. The maximum Gasteiger partial charge on any atom is 0.407 e. The number of hydrogen-bond donors (Lipinski definition) is 6. The third-order valence-corrected chi connectivity index (χ3v) is 27.1. The fourth-order valence-corrected chi connectivity index (χ4v) is 19.7. The van der Waals surface area contributed by atoms with Crippen molar-refractivity contribution in [2.75, 3.05) is 41.1 Å². The summed E-state index contributed by atoms with van der Waals surface area (Å²) in [7, 11) is 0. The molecule has 8 aromatic rings. The molecule has 0 bridgehead atoms. The molecule has 4 aromatic carbocycles. The quantitative estimate of drug-likeness (QED) is 0.0126. The van der Waals surface area contributed by atoms with Crippen molar-refractivity contribution >= 4 is 122 Å². The zero-order chi connectivity index (χ0) is 84.2. The van der Waals surface area contributed by atoms with Crippen LogP contribution in [0.25, 0.3) is 55.7 Å². The topological polar surface area (TPSA) is 354 Å². The molecule has 8 heterocycles. The highest BCUT2D eigenvalue weighted by Crippen LogP contribution is 2.47. The minimum atomic E-state index is -1.96.